The van der Waals surface area contributed by atoms with Crippen molar-refractivity contribution in [2.45, 2.75) is 137 Å². The Hall–Kier alpha value is -1.95. The molecule has 50 heavy (non-hydrogen) atoms. The second-order valence-electron chi connectivity index (χ2n) is 19.7. The first-order valence-corrected chi connectivity index (χ1v) is 20.5. The van der Waals surface area contributed by atoms with Crippen LogP contribution in [-0.2, 0) is 9.59 Å². The number of rotatable bonds is 9. The van der Waals surface area contributed by atoms with E-state index >= 15 is 0 Å². The van der Waals surface area contributed by atoms with Crippen molar-refractivity contribution < 1.29 is 19.1 Å². The molecule has 2 N–H and O–H groups in total. The predicted molar refractivity (Wildman–Crippen MR) is 199 cm³/mol. The monoisotopic (exact) mass is 691 g/mol. The van der Waals surface area contributed by atoms with Gasteiger partial charge in [0.1, 0.15) is 6.67 Å². The lowest BCUT2D eigenvalue weighted by Crippen LogP contribution is -2.64. The number of nitrogens with zero attached hydrogens (tertiary/aromatic N) is 1. The molecule has 4 saturated carbocycles. The van der Waals surface area contributed by atoms with E-state index in [1.165, 1.54) is 61.7 Å². The average molecular weight is 691 g/mol. The van der Waals surface area contributed by atoms with Crippen LogP contribution in [0.1, 0.15) is 131 Å². The number of carboxylic acids is 1. The van der Waals surface area contributed by atoms with E-state index in [-0.39, 0.29) is 10.8 Å². The van der Waals surface area contributed by atoms with Crippen molar-refractivity contribution in [2.75, 3.05) is 26.3 Å². The van der Waals surface area contributed by atoms with Crippen LogP contribution in [-0.4, -0.2) is 54.2 Å². The number of carboxylic acid groups (broad SMARTS) is 1. The molecule has 0 aromatic heterocycles. The molecule has 4 unspecified atom stereocenters. The zero-order valence-electron chi connectivity index (χ0n) is 32.2. The van der Waals surface area contributed by atoms with Crippen LogP contribution in [0.25, 0.3) is 0 Å². The number of allylic oxidation sites excluding steroid dienone is 5. The molecule has 1 heterocycles. The number of aliphatic carboxylic acids is 1. The Kier molecular flexibility index (Phi) is 9.37. The Morgan fingerprint density at radius 1 is 1.00 bits per heavy atom. The molecule has 1 aliphatic heterocycles. The van der Waals surface area contributed by atoms with Crippen LogP contribution in [0.5, 0.6) is 0 Å². The second-order valence-corrected chi connectivity index (χ2v) is 19.7. The Morgan fingerprint density at radius 2 is 1.76 bits per heavy atom. The van der Waals surface area contributed by atoms with Crippen LogP contribution in [0, 0.1) is 62.6 Å². The largest absolute Gasteiger partial charge is 0.481 e. The fourth-order valence-electron chi connectivity index (χ4n) is 14.6. The minimum Gasteiger partial charge on any atom is -0.481 e. The molecular formula is C44H67FN2O3. The van der Waals surface area contributed by atoms with Crippen LogP contribution in [0.4, 0.5) is 4.39 Å². The minimum atomic E-state index is -1.25. The number of likely N-dealkylation sites (tertiary alicyclic amines) is 1. The molecule has 6 aliphatic carbocycles. The highest BCUT2D eigenvalue weighted by atomic mass is 19.1. The summed E-state index contributed by atoms with van der Waals surface area (Å²) in [4.78, 5) is 26.2. The maximum atomic E-state index is 14.0. The standard InChI is InChI=1S/C44H67FN2O3/c1-28(2)31-26-34(46-23-9-25-47-24-8-10-37(47)48)30-15-19-42(6)33(38(30)31)11-12-36-41(5)18-16-32(40(3,4)35(41)17-20-43(36,42)7)29-13-21-44(27-45,22-14-29)39(49)50/h13,16,30-31,33-36,38,46H,1,8-12,14-15,17-27H2,2-7H3,(H,49,50)/t30?,31-,33+,34+,35?,36?,38?,41-,42+,43+,44-/m0/s1. The molecule has 5 nitrogen and oxygen atoms in total. The molecule has 11 atom stereocenters. The van der Waals surface area contributed by atoms with Crippen LogP contribution in [0.15, 0.2) is 35.5 Å². The highest BCUT2D eigenvalue weighted by Crippen LogP contribution is 2.76. The van der Waals surface area contributed by atoms with Gasteiger partial charge in [-0.25, -0.2) is 4.39 Å². The van der Waals surface area contributed by atoms with Crippen molar-refractivity contribution in [3.05, 3.63) is 35.5 Å². The summed E-state index contributed by atoms with van der Waals surface area (Å²) < 4.78 is 14.0. The Labute approximate surface area is 302 Å². The smallest absolute Gasteiger partial charge is 0.312 e. The molecule has 6 heteroatoms. The van der Waals surface area contributed by atoms with E-state index in [1.807, 2.05) is 0 Å². The number of nitrogens with one attached hydrogen (secondary N) is 1. The van der Waals surface area contributed by atoms with Gasteiger partial charge < -0.3 is 15.3 Å². The normalized spacial score (nSPS) is 45.1. The number of halogens is 1. The van der Waals surface area contributed by atoms with E-state index in [2.05, 4.69) is 70.5 Å². The van der Waals surface area contributed by atoms with E-state index in [0.717, 1.165) is 57.2 Å². The fraction of sp³-hybridized carbons (Fsp3) is 0.818. The summed E-state index contributed by atoms with van der Waals surface area (Å²) in [7, 11) is 0. The Balaban J connectivity index is 1.10. The number of carbonyl (C=O) groups is 2. The maximum Gasteiger partial charge on any atom is 0.312 e. The SMILES string of the molecule is C=C(C)[C@@H]1C[C@@H](NCCCN2CCCC2=O)C2CC[C@]3(C)[C@H](CCC4[C@@]5(C)CC=C(C6=CC[C@](CF)(C(=O)O)CC6)C(C)(C)C5CC[C@]43C)C21. The first-order valence-electron chi connectivity index (χ1n) is 20.5. The quantitative estimate of drug-likeness (QED) is 0.187. The molecule has 7 aliphatic rings. The minimum absolute atomic E-state index is 0.00592. The molecule has 0 spiro atoms. The van der Waals surface area contributed by atoms with Gasteiger partial charge in [-0.3, -0.25) is 9.59 Å². The second kappa shape index (κ2) is 12.9. The van der Waals surface area contributed by atoms with Gasteiger partial charge in [-0.05, 0) is 165 Å². The summed E-state index contributed by atoms with van der Waals surface area (Å²) >= 11 is 0. The topological polar surface area (TPSA) is 69.6 Å². The lowest BCUT2D eigenvalue weighted by molar-refractivity contribution is -0.217. The molecule has 0 bridgehead atoms. The van der Waals surface area contributed by atoms with E-state index in [9.17, 15) is 19.1 Å². The highest BCUT2D eigenvalue weighted by Gasteiger charge is 2.69. The molecule has 278 valence electrons. The zero-order chi connectivity index (χ0) is 35.9. The van der Waals surface area contributed by atoms with Gasteiger partial charge in [-0.2, -0.15) is 0 Å². The molecule has 7 rings (SSSR count). The summed E-state index contributed by atoms with van der Waals surface area (Å²) in [6, 6.07) is 0.557. The molecule has 0 radical (unpaired) electrons. The summed E-state index contributed by atoms with van der Waals surface area (Å²) in [6.45, 7) is 21.9. The predicted octanol–water partition coefficient (Wildman–Crippen LogP) is 9.54. The fourth-order valence-corrected chi connectivity index (χ4v) is 14.6. The third-order valence-electron chi connectivity index (χ3n) is 17.4. The molecule has 0 aromatic rings. The van der Waals surface area contributed by atoms with Gasteiger partial charge in [0.2, 0.25) is 5.91 Å². The Morgan fingerprint density at radius 3 is 2.40 bits per heavy atom. The van der Waals surface area contributed by atoms with Crippen molar-refractivity contribution in [3.8, 4) is 0 Å². The van der Waals surface area contributed by atoms with Gasteiger partial charge in [0.15, 0.2) is 0 Å². The lowest BCUT2D eigenvalue weighted by atomic mass is 9.33. The number of alkyl halides is 1. The van der Waals surface area contributed by atoms with Crippen LogP contribution in [0.3, 0.4) is 0 Å². The van der Waals surface area contributed by atoms with Crippen molar-refractivity contribution in [1.82, 2.24) is 10.2 Å². The third kappa shape index (κ3) is 5.36. The van der Waals surface area contributed by atoms with E-state index < -0.39 is 18.1 Å². The highest BCUT2D eigenvalue weighted by molar-refractivity contribution is 5.78. The molecule has 1 saturated heterocycles. The molecule has 0 aromatic carbocycles. The number of carbonyl (C=O) groups excluding carboxylic acids is 1. The van der Waals surface area contributed by atoms with Gasteiger partial charge in [0.05, 0.1) is 5.41 Å². The summed E-state index contributed by atoms with van der Waals surface area (Å²) in [5, 5.41) is 13.8. The van der Waals surface area contributed by atoms with E-state index in [4.69, 9.17) is 0 Å². The lowest BCUT2D eigenvalue weighted by Gasteiger charge is -2.71. The Bertz CT molecular complexity index is 1450. The summed E-state index contributed by atoms with van der Waals surface area (Å²) in [6.07, 6.45) is 18.9. The molecule has 5 fully saturated rings. The van der Waals surface area contributed by atoms with Crippen molar-refractivity contribution in [2.24, 2.45) is 62.6 Å². The molecular weight excluding hydrogens is 623 g/mol. The van der Waals surface area contributed by atoms with Gasteiger partial charge in [-0.1, -0.05) is 58.9 Å². The van der Waals surface area contributed by atoms with Gasteiger partial charge in [-0.15, -0.1) is 0 Å². The van der Waals surface area contributed by atoms with E-state index in [0.29, 0.717) is 65.7 Å². The number of amides is 1. The first kappa shape index (κ1) is 36.4. The van der Waals surface area contributed by atoms with Crippen LogP contribution < -0.4 is 5.32 Å². The van der Waals surface area contributed by atoms with E-state index in [1.54, 1.807) is 0 Å². The van der Waals surface area contributed by atoms with Gasteiger partial charge >= 0.3 is 5.97 Å². The maximum absolute atomic E-state index is 14.0. The van der Waals surface area contributed by atoms with Crippen LogP contribution >= 0.6 is 0 Å². The number of hydrogen-bond donors (Lipinski definition) is 2. The molecule has 1 amide bonds. The van der Waals surface area contributed by atoms with Crippen LogP contribution in [0.2, 0.25) is 0 Å². The first-order chi connectivity index (χ1) is 23.6. The van der Waals surface area contributed by atoms with Gasteiger partial charge in [0.25, 0.3) is 0 Å². The van der Waals surface area contributed by atoms with Crippen molar-refractivity contribution in [1.29, 1.82) is 0 Å². The van der Waals surface area contributed by atoms with Crippen molar-refractivity contribution >= 4 is 11.9 Å². The number of fused-ring (bicyclic) bond motifs is 7. The average Bonchev–Trinajstić information content (AvgIpc) is 3.66. The summed E-state index contributed by atoms with van der Waals surface area (Å²) in [5.74, 6) is 3.37. The van der Waals surface area contributed by atoms with Crippen molar-refractivity contribution in [3.63, 3.8) is 0 Å². The van der Waals surface area contributed by atoms with Gasteiger partial charge in [0, 0.05) is 25.6 Å². The summed E-state index contributed by atoms with van der Waals surface area (Å²) in [5.41, 5.74) is 3.69. The number of hydrogen-bond acceptors (Lipinski definition) is 3. The zero-order valence-corrected chi connectivity index (χ0v) is 32.2. The third-order valence-corrected chi connectivity index (χ3v) is 17.4.